The van der Waals surface area contributed by atoms with Crippen LogP contribution in [0.4, 0.5) is 10.8 Å². The maximum absolute atomic E-state index is 6.32. The minimum Gasteiger partial charge on any atom is -0.378 e. The van der Waals surface area contributed by atoms with Gasteiger partial charge in [0.25, 0.3) is 0 Å². The number of hydrogen-bond acceptors (Lipinski definition) is 6. The van der Waals surface area contributed by atoms with Gasteiger partial charge < -0.3 is 15.8 Å². The maximum Gasteiger partial charge on any atom is 0.181 e. The monoisotopic (exact) mass is 377 g/mol. The van der Waals surface area contributed by atoms with Crippen molar-refractivity contribution in [1.29, 1.82) is 0 Å². The van der Waals surface area contributed by atoms with Crippen LogP contribution in [0.3, 0.4) is 0 Å². The minimum absolute atomic E-state index is 0.0866. The van der Waals surface area contributed by atoms with Gasteiger partial charge in [0.05, 0.1) is 34.1 Å². The molecule has 7 heteroatoms. The number of rotatable bonds is 1. The summed E-state index contributed by atoms with van der Waals surface area (Å²) in [4.78, 5) is 4.39. The van der Waals surface area contributed by atoms with Gasteiger partial charge in [-0.05, 0) is 42.7 Å². The Balaban J connectivity index is 1.51. The Bertz CT molecular complexity index is 1170. The van der Waals surface area contributed by atoms with Gasteiger partial charge in [0, 0.05) is 29.2 Å². The largest absolute Gasteiger partial charge is 0.378 e. The van der Waals surface area contributed by atoms with Crippen LogP contribution in [0.1, 0.15) is 36.1 Å². The number of nitrogens with one attached hydrogen (secondary N) is 2. The van der Waals surface area contributed by atoms with Crippen molar-refractivity contribution in [2.75, 3.05) is 17.7 Å². The van der Waals surface area contributed by atoms with Gasteiger partial charge in [-0.1, -0.05) is 17.4 Å². The number of ether oxygens (including phenoxy) is 1. The van der Waals surface area contributed by atoms with Crippen LogP contribution in [0.25, 0.3) is 21.1 Å². The number of fused-ring (bicyclic) bond motifs is 6. The van der Waals surface area contributed by atoms with Gasteiger partial charge in [-0.25, -0.2) is 4.98 Å². The zero-order valence-corrected chi connectivity index (χ0v) is 15.4. The van der Waals surface area contributed by atoms with Crippen molar-refractivity contribution in [3.05, 3.63) is 47.7 Å². The molecule has 3 atom stereocenters. The average Bonchev–Trinajstić information content (AvgIpc) is 3.31. The fourth-order valence-electron chi connectivity index (χ4n) is 4.67. The molecule has 2 aromatic heterocycles. The van der Waals surface area contributed by atoms with Gasteiger partial charge in [-0.3, -0.25) is 5.10 Å². The van der Waals surface area contributed by atoms with E-state index >= 15 is 0 Å². The van der Waals surface area contributed by atoms with E-state index < -0.39 is 0 Å². The van der Waals surface area contributed by atoms with Gasteiger partial charge in [-0.15, -0.1) is 0 Å². The van der Waals surface area contributed by atoms with Crippen LogP contribution in [0, 0.1) is 5.92 Å². The number of H-pyrrole nitrogens is 1. The van der Waals surface area contributed by atoms with Gasteiger partial charge in [0.2, 0.25) is 0 Å². The fourth-order valence-corrected chi connectivity index (χ4v) is 5.46. The normalized spacial score (nSPS) is 24.5. The van der Waals surface area contributed by atoms with Gasteiger partial charge in [0.1, 0.15) is 0 Å². The highest BCUT2D eigenvalue weighted by atomic mass is 32.1. The van der Waals surface area contributed by atoms with E-state index in [2.05, 4.69) is 50.8 Å². The van der Waals surface area contributed by atoms with Crippen molar-refractivity contribution in [2.24, 2.45) is 5.92 Å². The molecule has 6 nitrogen and oxygen atoms in total. The second-order valence-electron chi connectivity index (χ2n) is 7.36. The van der Waals surface area contributed by atoms with E-state index in [9.17, 15) is 0 Å². The van der Waals surface area contributed by atoms with E-state index in [0.29, 0.717) is 11.0 Å². The van der Waals surface area contributed by atoms with E-state index in [1.54, 1.807) is 11.3 Å². The Morgan fingerprint density at radius 2 is 2.19 bits per heavy atom. The first-order valence-corrected chi connectivity index (χ1v) is 10.1. The molecule has 136 valence electrons. The Kier molecular flexibility index (Phi) is 3.24. The van der Waals surface area contributed by atoms with Crippen LogP contribution in [-0.4, -0.2) is 21.8 Å². The molecule has 6 rings (SSSR count). The molecule has 4 heterocycles. The summed E-state index contributed by atoms with van der Waals surface area (Å²) in [7, 11) is 0. The predicted molar refractivity (Wildman–Crippen MR) is 108 cm³/mol. The quantitative estimate of drug-likeness (QED) is 0.458. The number of anilines is 2. The van der Waals surface area contributed by atoms with Crippen LogP contribution in [0.15, 0.2) is 36.5 Å². The van der Waals surface area contributed by atoms with Crippen molar-refractivity contribution in [1.82, 2.24) is 15.2 Å². The van der Waals surface area contributed by atoms with Crippen molar-refractivity contribution < 1.29 is 4.74 Å². The second-order valence-corrected chi connectivity index (χ2v) is 8.42. The third-order valence-electron chi connectivity index (χ3n) is 5.85. The first kappa shape index (κ1) is 15.4. The average molecular weight is 377 g/mol. The van der Waals surface area contributed by atoms with Crippen molar-refractivity contribution in [3.8, 4) is 0 Å². The number of aromatic nitrogens is 3. The van der Waals surface area contributed by atoms with Crippen LogP contribution in [0.5, 0.6) is 0 Å². The molecule has 4 aromatic rings. The van der Waals surface area contributed by atoms with Crippen molar-refractivity contribution in [3.63, 3.8) is 0 Å². The zero-order valence-electron chi connectivity index (χ0n) is 14.6. The first-order chi connectivity index (χ1) is 13.3. The Labute approximate surface area is 159 Å². The molecule has 2 aliphatic heterocycles. The maximum atomic E-state index is 6.32. The highest BCUT2D eigenvalue weighted by Crippen LogP contribution is 2.51. The number of hydrogen-bond donors (Lipinski definition) is 3. The number of nitrogens with zero attached hydrogens (tertiary/aromatic N) is 2. The minimum atomic E-state index is 0.0866. The smallest absolute Gasteiger partial charge is 0.181 e. The highest BCUT2D eigenvalue weighted by Gasteiger charge is 2.41. The summed E-state index contributed by atoms with van der Waals surface area (Å²) in [6.07, 6.45) is 4.23. The number of benzene rings is 2. The predicted octanol–water partition coefficient (Wildman–Crippen LogP) is 4.39. The molecule has 1 fully saturated rings. The lowest BCUT2D eigenvalue weighted by Gasteiger charge is -2.43. The fraction of sp³-hybridized carbons (Fsp3) is 0.300. The number of aromatic amines is 1. The van der Waals surface area contributed by atoms with Crippen molar-refractivity contribution in [2.45, 2.75) is 25.0 Å². The topological polar surface area (TPSA) is 88.8 Å². The lowest BCUT2D eigenvalue weighted by atomic mass is 9.77. The molecule has 0 amide bonds. The van der Waals surface area contributed by atoms with Crippen LogP contribution >= 0.6 is 11.3 Å². The lowest BCUT2D eigenvalue weighted by molar-refractivity contribution is -0.0372. The Morgan fingerprint density at radius 3 is 3.15 bits per heavy atom. The van der Waals surface area contributed by atoms with Crippen LogP contribution in [-0.2, 0) is 4.74 Å². The molecular weight excluding hydrogens is 358 g/mol. The zero-order chi connectivity index (χ0) is 18.0. The first-order valence-electron chi connectivity index (χ1n) is 9.28. The van der Waals surface area contributed by atoms with E-state index in [1.807, 2.05) is 6.20 Å². The molecule has 0 aliphatic carbocycles. The van der Waals surface area contributed by atoms with Crippen LogP contribution in [0.2, 0.25) is 0 Å². The summed E-state index contributed by atoms with van der Waals surface area (Å²) in [5.41, 5.74) is 11.6. The van der Waals surface area contributed by atoms with E-state index in [0.717, 1.165) is 46.3 Å². The summed E-state index contributed by atoms with van der Waals surface area (Å²) >= 11 is 1.54. The third-order valence-corrected chi connectivity index (χ3v) is 6.69. The Morgan fingerprint density at radius 1 is 1.22 bits per heavy atom. The molecule has 0 radical (unpaired) electrons. The summed E-state index contributed by atoms with van der Waals surface area (Å²) < 4.78 is 7.45. The molecule has 27 heavy (non-hydrogen) atoms. The third kappa shape index (κ3) is 2.28. The lowest BCUT2D eigenvalue weighted by Crippen LogP contribution is -2.36. The number of nitrogen functional groups attached to an aromatic ring is 1. The Hall–Kier alpha value is -2.64. The number of thiazole rings is 1. The SMILES string of the molecule is Nc1nc2ccc([C@H]3Nc4ccc5[nH]ncc5c4[C@H]4OCCC[C@@H]34)cc2s1. The molecule has 0 unspecified atom stereocenters. The van der Waals surface area contributed by atoms with E-state index in [4.69, 9.17) is 10.5 Å². The number of nitrogens with two attached hydrogens (primary N) is 1. The van der Waals surface area contributed by atoms with Crippen molar-refractivity contribution >= 4 is 43.3 Å². The van der Waals surface area contributed by atoms with Crippen LogP contribution < -0.4 is 11.1 Å². The van der Waals surface area contributed by atoms with E-state index in [-0.39, 0.29) is 12.1 Å². The molecule has 2 aliphatic rings. The molecular formula is C20H19N5OS. The molecule has 0 bridgehead atoms. The highest BCUT2D eigenvalue weighted by molar-refractivity contribution is 7.22. The molecule has 0 spiro atoms. The van der Waals surface area contributed by atoms with Gasteiger partial charge in [-0.2, -0.15) is 5.10 Å². The second kappa shape index (κ2) is 5.68. The van der Waals surface area contributed by atoms with Gasteiger partial charge >= 0.3 is 0 Å². The summed E-state index contributed by atoms with van der Waals surface area (Å²) in [5, 5.41) is 12.9. The summed E-state index contributed by atoms with van der Waals surface area (Å²) in [6, 6.07) is 10.9. The summed E-state index contributed by atoms with van der Waals surface area (Å²) in [6.45, 7) is 0.811. The standard InChI is InChI=1S/C20H19N5OS/c21-20-24-14-4-3-10(8-16(14)27-20)18-11-2-1-7-26-19(11)17-12-9-22-25-13(12)5-6-15(17)23-18/h3-6,8-9,11,18-19,23H,1-2,7H2,(H2,21,24)(H,22,25)/t11-,18+,19-/m0/s1. The molecule has 4 N–H and O–H groups in total. The molecule has 0 saturated carbocycles. The molecule has 1 saturated heterocycles. The van der Waals surface area contributed by atoms with Gasteiger partial charge in [0.15, 0.2) is 5.13 Å². The summed E-state index contributed by atoms with van der Waals surface area (Å²) in [5.74, 6) is 0.384. The van der Waals surface area contributed by atoms with E-state index in [1.165, 1.54) is 11.1 Å². The molecule has 2 aromatic carbocycles.